The molecule has 2 N–H and O–H groups in total. The molecule has 112 valence electrons. The molecule has 0 aliphatic heterocycles. The highest BCUT2D eigenvalue weighted by Gasteiger charge is 1.95. The van der Waals surface area contributed by atoms with Crippen LogP contribution in [0.25, 0.3) is 0 Å². The van der Waals surface area contributed by atoms with Crippen molar-refractivity contribution in [3.63, 3.8) is 0 Å². The molecule has 1 fully saturated rings. The lowest BCUT2D eigenvalue weighted by Gasteiger charge is -2.05. The standard InChI is InChI=1S/C11H17N3.C6H12/c1-2-3-4-5-10-6-7-14(9-12)11(13)8-10;1-2-4-6-5-3-1/h6-9,12-13H,2-5H2,1H3;1-6H2. The van der Waals surface area contributed by atoms with Gasteiger partial charge in [-0.25, -0.2) is 0 Å². The van der Waals surface area contributed by atoms with Crippen molar-refractivity contribution in [1.82, 2.24) is 4.57 Å². The maximum atomic E-state index is 7.60. The molecule has 3 heteroatoms. The predicted molar refractivity (Wildman–Crippen MR) is 85.4 cm³/mol. The minimum Gasteiger partial charge on any atom is -0.293 e. The van der Waals surface area contributed by atoms with E-state index in [4.69, 9.17) is 10.8 Å². The van der Waals surface area contributed by atoms with Crippen LogP contribution in [0, 0.1) is 10.8 Å². The van der Waals surface area contributed by atoms with Crippen LogP contribution in [-0.4, -0.2) is 10.9 Å². The van der Waals surface area contributed by atoms with Crippen LogP contribution in [-0.2, 0) is 6.42 Å². The SMILES string of the molecule is C1CCCCC1.CCCCCc1ccn(C=N)c(=N)c1. The Morgan fingerprint density at radius 3 is 2.15 bits per heavy atom. The van der Waals surface area contributed by atoms with Crippen LogP contribution in [0.3, 0.4) is 0 Å². The van der Waals surface area contributed by atoms with Crippen LogP contribution in [0.5, 0.6) is 0 Å². The van der Waals surface area contributed by atoms with Gasteiger partial charge in [0.25, 0.3) is 0 Å². The molecule has 0 spiro atoms. The second-order valence-electron chi connectivity index (χ2n) is 5.54. The summed E-state index contributed by atoms with van der Waals surface area (Å²) in [6, 6.07) is 3.82. The summed E-state index contributed by atoms with van der Waals surface area (Å²) in [5.74, 6) is 0. The van der Waals surface area contributed by atoms with Crippen molar-refractivity contribution in [3.8, 4) is 0 Å². The summed E-state index contributed by atoms with van der Waals surface area (Å²) >= 11 is 0. The van der Waals surface area contributed by atoms with E-state index in [9.17, 15) is 0 Å². The smallest absolute Gasteiger partial charge is 0.130 e. The molecule has 3 nitrogen and oxygen atoms in total. The highest BCUT2D eigenvalue weighted by atomic mass is 15.0. The number of nitrogens with one attached hydrogen (secondary N) is 2. The van der Waals surface area contributed by atoms with Crippen molar-refractivity contribution in [2.45, 2.75) is 71.1 Å². The monoisotopic (exact) mass is 275 g/mol. The van der Waals surface area contributed by atoms with Gasteiger partial charge in [-0.2, -0.15) is 0 Å². The van der Waals surface area contributed by atoms with Crippen molar-refractivity contribution in [3.05, 3.63) is 29.4 Å². The van der Waals surface area contributed by atoms with Gasteiger partial charge in [-0.3, -0.25) is 15.4 Å². The highest BCUT2D eigenvalue weighted by molar-refractivity contribution is 5.53. The molecule has 1 saturated carbocycles. The number of rotatable bonds is 5. The molecule has 2 rings (SSSR count). The summed E-state index contributed by atoms with van der Waals surface area (Å²) in [5, 5.41) is 14.6. The third-order valence-corrected chi connectivity index (χ3v) is 3.76. The van der Waals surface area contributed by atoms with Gasteiger partial charge in [0.15, 0.2) is 0 Å². The number of hydrogen-bond donors (Lipinski definition) is 2. The van der Waals surface area contributed by atoms with E-state index in [2.05, 4.69) is 6.92 Å². The van der Waals surface area contributed by atoms with Crippen molar-refractivity contribution in [2.75, 3.05) is 0 Å². The van der Waals surface area contributed by atoms with E-state index in [1.54, 1.807) is 6.20 Å². The summed E-state index contributed by atoms with van der Waals surface area (Å²) in [6.07, 6.45) is 16.6. The summed E-state index contributed by atoms with van der Waals surface area (Å²) < 4.78 is 1.49. The Morgan fingerprint density at radius 1 is 1.10 bits per heavy atom. The number of pyridine rings is 1. The normalized spacial score (nSPS) is 14.2. The fourth-order valence-corrected chi connectivity index (χ4v) is 2.46. The quantitative estimate of drug-likeness (QED) is 0.452. The van der Waals surface area contributed by atoms with Gasteiger partial charge >= 0.3 is 0 Å². The molecular formula is C17H29N3. The number of hydrogen-bond acceptors (Lipinski definition) is 2. The summed E-state index contributed by atoms with van der Waals surface area (Å²) in [5.41, 5.74) is 1.58. The van der Waals surface area contributed by atoms with E-state index in [0.717, 1.165) is 12.8 Å². The van der Waals surface area contributed by atoms with Crippen LogP contribution in [0.1, 0.15) is 70.3 Å². The third kappa shape index (κ3) is 6.69. The Balaban J connectivity index is 0.000000276. The van der Waals surface area contributed by atoms with Crippen LogP contribution < -0.4 is 5.49 Å². The molecule has 20 heavy (non-hydrogen) atoms. The Labute approximate surface area is 123 Å². The van der Waals surface area contributed by atoms with Crippen molar-refractivity contribution < 1.29 is 0 Å². The third-order valence-electron chi connectivity index (χ3n) is 3.76. The molecule has 0 amide bonds. The van der Waals surface area contributed by atoms with Crippen LogP contribution in [0.2, 0.25) is 0 Å². The lowest BCUT2D eigenvalue weighted by Crippen LogP contribution is -2.18. The lowest BCUT2D eigenvalue weighted by molar-refractivity contribution is 0.504. The van der Waals surface area contributed by atoms with Gasteiger partial charge < -0.3 is 0 Å². The first-order valence-electron chi connectivity index (χ1n) is 8.04. The zero-order valence-corrected chi connectivity index (χ0v) is 12.8. The summed E-state index contributed by atoms with van der Waals surface area (Å²) in [7, 11) is 0. The van der Waals surface area contributed by atoms with Crippen LogP contribution in [0.4, 0.5) is 0 Å². The highest BCUT2D eigenvalue weighted by Crippen LogP contribution is 2.15. The number of nitrogens with zero attached hydrogens (tertiary/aromatic N) is 1. The molecule has 1 heterocycles. The topological polar surface area (TPSA) is 52.6 Å². The maximum absolute atomic E-state index is 7.60. The molecule has 1 aromatic heterocycles. The van der Waals surface area contributed by atoms with E-state index in [1.807, 2.05) is 12.1 Å². The van der Waals surface area contributed by atoms with Crippen LogP contribution >= 0.6 is 0 Å². The first-order valence-corrected chi connectivity index (χ1v) is 8.04. The Morgan fingerprint density at radius 2 is 1.70 bits per heavy atom. The molecule has 1 aliphatic rings. The van der Waals surface area contributed by atoms with Gasteiger partial charge in [-0.1, -0.05) is 58.3 Å². The minimum absolute atomic E-state index is 0.383. The fraction of sp³-hybridized carbons (Fsp3) is 0.647. The predicted octanol–water partition coefficient (Wildman–Crippen LogP) is 4.50. The Hall–Kier alpha value is -1.38. The van der Waals surface area contributed by atoms with Crippen molar-refractivity contribution in [1.29, 1.82) is 10.8 Å². The second kappa shape index (κ2) is 10.4. The van der Waals surface area contributed by atoms with E-state index in [0.29, 0.717) is 5.49 Å². The largest absolute Gasteiger partial charge is 0.293 e. The first kappa shape index (κ1) is 16.7. The van der Waals surface area contributed by atoms with E-state index in [1.165, 1.54) is 67.9 Å². The van der Waals surface area contributed by atoms with Gasteiger partial charge in [-0.05, 0) is 30.5 Å². The second-order valence-corrected chi connectivity index (χ2v) is 5.54. The molecule has 0 aromatic carbocycles. The molecule has 0 unspecified atom stereocenters. The van der Waals surface area contributed by atoms with Gasteiger partial charge in [0.2, 0.25) is 0 Å². The molecule has 0 radical (unpaired) electrons. The zero-order valence-electron chi connectivity index (χ0n) is 12.8. The lowest BCUT2D eigenvalue weighted by atomic mass is 10.0. The molecule has 1 aromatic rings. The van der Waals surface area contributed by atoms with Gasteiger partial charge in [0.1, 0.15) is 5.49 Å². The van der Waals surface area contributed by atoms with E-state index < -0.39 is 0 Å². The van der Waals surface area contributed by atoms with Crippen molar-refractivity contribution in [2.24, 2.45) is 0 Å². The van der Waals surface area contributed by atoms with Crippen LogP contribution in [0.15, 0.2) is 18.3 Å². The van der Waals surface area contributed by atoms with E-state index in [-0.39, 0.29) is 0 Å². The number of aryl methyl sites for hydroxylation is 1. The zero-order chi connectivity index (χ0) is 14.6. The fourth-order valence-electron chi connectivity index (χ4n) is 2.46. The molecular weight excluding hydrogens is 246 g/mol. The molecule has 0 atom stereocenters. The Bertz CT molecular complexity index is 419. The van der Waals surface area contributed by atoms with Gasteiger partial charge in [0.05, 0.1) is 6.34 Å². The maximum Gasteiger partial charge on any atom is 0.130 e. The molecule has 1 aliphatic carbocycles. The first-order chi connectivity index (χ1) is 9.77. The number of unbranched alkanes of at least 4 members (excludes halogenated alkanes) is 2. The molecule has 0 bridgehead atoms. The number of aromatic nitrogens is 1. The summed E-state index contributed by atoms with van der Waals surface area (Å²) in [6.45, 7) is 2.18. The van der Waals surface area contributed by atoms with Crippen molar-refractivity contribution >= 4 is 6.34 Å². The van der Waals surface area contributed by atoms with Gasteiger partial charge in [-0.15, -0.1) is 0 Å². The van der Waals surface area contributed by atoms with Gasteiger partial charge in [0, 0.05) is 6.20 Å². The molecule has 0 saturated heterocycles. The Kier molecular flexibility index (Phi) is 8.68. The average molecular weight is 275 g/mol. The summed E-state index contributed by atoms with van der Waals surface area (Å²) in [4.78, 5) is 0. The minimum atomic E-state index is 0.383. The van der Waals surface area contributed by atoms with E-state index >= 15 is 0 Å². The average Bonchev–Trinajstić information content (AvgIpc) is 2.50.